The van der Waals surface area contributed by atoms with Gasteiger partial charge in [0.15, 0.2) is 0 Å². The zero-order valence-electron chi connectivity index (χ0n) is 17.0. The second-order valence-electron chi connectivity index (χ2n) is 8.26. The summed E-state index contributed by atoms with van der Waals surface area (Å²) < 4.78 is 0. The van der Waals surface area contributed by atoms with Crippen LogP contribution < -0.4 is 4.90 Å². The quantitative estimate of drug-likeness (QED) is 0.381. The molecule has 0 atom stereocenters. The molecule has 6 heteroatoms. The number of H-pyrrole nitrogens is 1. The highest BCUT2D eigenvalue weighted by Gasteiger charge is 2.59. The van der Waals surface area contributed by atoms with Gasteiger partial charge < -0.3 is 9.88 Å². The van der Waals surface area contributed by atoms with Gasteiger partial charge in [-0.05, 0) is 60.6 Å². The van der Waals surface area contributed by atoms with E-state index in [1.165, 1.54) is 4.90 Å². The van der Waals surface area contributed by atoms with Crippen LogP contribution in [0.1, 0.15) is 24.1 Å². The van der Waals surface area contributed by atoms with E-state index in [9.17, 15) is 4.79 Å². The van der Waals surface area contributed by atoms with Crippen LogP contribution in [-0.2, 0) is 16.8 Å². The minimum absolute atomic E-state index is 0.191. The van der Waals surface area contributed by atoms with Crippen molar-refractivity contribution in [2.24, 2.45) is 0 Å². The van der Waals surface area contributed by atoms with Crippen LogP contribution in [0.3, 0.4) is 0 Å². The normalized spacial score (nSPS) is 16.3. The number of aromatic amines is 1. The summed E-state index contributed by atoms with van der Waals surface area (Å²) in [6.07, 6.45) is 7.54. The number of anilines is 1. The van der Waals surface area contributed by atoms with E-state index < -0.39 is 0 Å². The van der Waals surface area contributed by atoms with Gasteiger partial charge in [0.05, 0.1) is 23.8 Å². The van der Waals surface area contributed by atoms with Crippen molar-refractivity contribution in [1.29, 1.82) is 0 Å². The number of aromatic nitrogens is 2. The second kappa shape index (κ2) is 6.87. The van der Waals surface area contributed by atoms with Crippen molar-refractivity contribution >= 4 is 45.9 Å². The van der Waals surface area contributed by atoms with Gasteiger partial charge in [0.25, 0.3) is 0 Å². The van der Waals surface area contributed by atoms with Crippen LogP contribution in [0, 0.1) is 0 Å². The molecule has 1 aliphatic carbocycles. The molecule has 1 aliphatic heterocycles. The number of hydrogen-bond acceptors (Lipinski definition) is 3. The monoisotopic (exact) mass is 445 g/mol. The molecule has 0 radical (unpaired) electrons. The predicted molar refractivity (Wildman–Crippen MR) is 127 cm³/mol. The number of carbonyl (C=O) groups excluding carboxylic acids is 1. The molecular formula is C25H20ClN3OS. The van der Waals surface area contributed by atoms with E-state index >= 15 is 0 Å². The highest BCUT2D eigenvalue weighted by atomic mass is 35.5. The summed E-state index contributed by atoms with van der Waals surface area (Å²) >= 11 is 8.00. The molecule has 4 aromatic rings. The topological polar surface area (TPSA) is 49.0 Å². The second-order valence-corrected chi connectivity index (χ2v) is 9.58. The Bertz CT molecular complexity index is 1340. The van der Waals surface area contributed by atoms with Crippen molar-refractivity contribution in [3.8, 4) is 11.1 Å². The molecule has 1 N–H and O–H groups in total. The molecular weight excluding hydrogens is 426 g/mol. The molecule has 154 valence electrons. The molecule has 2 aromatic carbocycles. The van der Waals surface area contributed by atoms with Gasteiger partial charge in [-0.25, -0.2) is 0 Å². The Balaban J connectivity index is 1.49. The predicted octanol–water partition coefficient (Wildman–Crippen LogP) is 6.18. The summed E-state index contributed by atoms with van der Waals surface area (Å²) in [6, 6.07) is 16.5. The lowest BCUT2D eigenvalue weighted by molar-refractivity contribution is -0.120. The van der Waals surface area contributed by atoms with E-state index in [-0.39, 0.29) is 11.3 Å². The van der Waals surface area contributed by atoms with Gasteiger partial charge in [-0.15, -0.1) is 11.8 Å². The molecule has 4 nitrogen and oxygen atoms in total. The van der Waals surface area contributed by atoms with E-state index in [2.05, 4.69) is 46.6 Å². The van der Waals surface area contributed by atoms with E-state index in [4.69, 9.17) is 11.6 Å². The van der Waals surface area contributed by atoms with Crippen molar-refractivity contribution in [1.82, 2.24) is 9.97 Å². The number of carbonyl (C=O) groups is 1. The maximum Gasteiger partial charge on any atom is 0.238 e. The van der Waals surface area contributed by atoms with Crippen LogP contribution in [0.4, 0.5) is 5.69 Å². The first-order valence-corrected chi connectivity index (χ1v) is 11.9. The summed E-state index contributed by atoms with van der Waals surface area (Å²) in [5.74, 6) is 0.191. The highest BCUT2D eigenvalue weighted by Crippen LogP contribution is 2.57. The molecule has 1 spiro atoms. The fraction of sp³-hybridized carbons (Fsp3) is 0.200. The molecule has 2 aliphatic rings. The van der Waals surface area contributed by atoms with Crippen LogP contribution in [0.5, 0.6) is 0 Å². The fourth-order valence-corrected chi connectivity index (χ4v) is 5.42. The van der Waals surface area contributed by atoms with Crippen molar-refractivity contribution in [2.45, 2.75) is 29.7 Å². The van der Waals surface area contributed by atoms with Crippen LogP contribution in [0.15, 0.2) is 65.8 Å². The summed E-state index contributed by atoms with van der Waals surface area (Å²) in [5.41, 5.74) is 5.96. The smallest absolute Gasteiger partial charge is 0.238 e. The number of fused-ring (bicyclic) bond motifs is 3. The number of halogens is 1. The molecule has 0 bridgehead atoms. The molecule has 3 heterocycles. The summed E-state index contributed by atoms with van der Waals surface area (Å²) in [5, 5.41) is 1.80. The number of rotatable bonds is 4. The third-order valence-electron chi connectivity index (χ3n) is 6.54. The average molecular weight is 446 g/mol. The number of nitrogens with one attached hydrogen (secondary N) is 1. The van der Waals surface area contributed by atoms with Crippen molar-refractivity contribution < 1.29 is 4.79 Å². The van der Waals surface area contributed by atoms with Crippen LogP contribution >= 0.6 is 23.4 Å². The SMILES string of the molecule is CSc1ccc(-c2c(CN3C(=O)C4(CC4)c4ccncc43)[nH]c3cc(Cl)ccc23)cc1. The van der Waals surface area contributed by atoms with Gasteiger partial charge in [-0.3, -0.25) is 9.78 Å². The van der Waals surface area contributed by atoms with Gasteiger partial charge in [0.1, 0.15) is 0 Å². The molecule has 0 unspecified atom stereocenters. The van der Waals surface area contributed by atoms with E-state index in [1.54, 1.807) is 18.0 Å². The first-order valence-electron chi connectivity index (χ1n) is 10.3. The lowest BCUT2D eigenvalue weighted by Crippen LogP contribution is -2.31. The van der Waals surface area contributed by atoms with Crippen LogP contribution in [-0.4, -0.2) is 22.1 Å². The molecule has 2 aromatic heterocycles. The van der Waals surface area contributed by atoms with E-state index in [1.807, 2.05) is 29.3 Å². The third kappa shape index (κ3) is 2.83. The van der Waals surface area contributed by atoms with Gasteiger partial charge in [-0.1, -0.05) is 29.8 Å². The molecule has 1 amide bonds. The van der Waals surface area contributed by atoms with Crippen LogP contribution in [0.25, 0.3) is 22.0 Å². The number of amides is 1. The standard InChI is InChI=1S/C25H20ClN3OS/c1-31-17-5-2-15(3-6-17)23-18-7-4-16(26)12-20(18)28-21(23)14-29-22-13-27-11-8-19(22)25(9-10-25)24(29)30/h2-8,11-13,28H,9-10,14H2,1H3. The molecule has 1 saturated carbocycles. The first-order chi connectivity index (χ1) is 15.1. The van der Waals surface area contributed by atoms with Gasteiger partial charge >= 0.3 is 0 Å². The average Bonchev–Trinajstić information content (AvgIpc) is 3.48. The Morgan fingerprint density at radius 2 is 1.97 bits per heavy atom. The minimum Gasteiger partial charge on any atom is -0.356 e. The van der Waals surface area contributed by atoms with Crippen molar-refractivity contribution in [3.05, 3.63) is 77.2 Å². The zero-order chi connectivity index (χ0) is 21.2. The Morgan fingerprint density at radius 1 is 1.16 bits per heavy atom. The molecule has 6 rings (SSSR count). The highest BCUT2D eigenvalue weighted by molar-refractivity contribution is 7.98. The molecule has 0 saturated heterocycles. The Kier molecular flexibility index (Phi) is 4.20. The first kappa shape index (κ1) is 19.0. The number of hydrogen-bond donors (Lipinski definition) is 1. The number of thioether (sulfide) groups is 1. The maximum atomic E-state index is 13.4. The summed E-state index contributed by atoms with van der Waals surface area (Å²) in [7, 11) is 0. The minimum atomic E-state index is -0.326. The van der Waals surface area contributed by atoms with Gasteiger partial charge in [0.2, 0.25) is 5.91 Å². The maximum absolute atomic E-state index is 13.4. The lowest BCUT2D eigenvalue weighted by Gasteiger charge is -2.18. The fourth-order valence-electron chi connectivity index (χ4n) is 4.84. The number of benzene rings is 2. The molecule has 1 fully saturated rings. The largest absolute Gasteiger partial charge is 0.356 e. The number of nitrogens with zero attached hydrogens (tertiary/aromatic N) is 2. The van der Waals surface area contributed by atoms with Crippen molar-refractivity contribution in [3.63, 3.8) is 0 Å². The van der Waals surface area contributed by atoms with E-state index in [0.717, 1.165) is 51.8 Å². The lowest BCUT2D eigenvalue weighted by atomic mass is 9.99. The van der Waals surface area contributed by atoms with Crippen molar-refractivity contribution in [2.75, 3.05) is 11.2 Å². The van der Waals surface area contributed by atoms with E-state index in [0.29, 0.717) is 11.6 Å². The Morgan fingerprint density at radius 3 is 2.71 bits per heavy atom. The third-order valence-corrected chi connectivity index (χ3v) is 7.52. The Labute approximate surface area is 189 Å². The van der Waals surface area contributed by atoms with Crippen LogP contribution in [0.2, 0.25) is 5.02 Å². The summed E-state index contributed by atoms with van der Waals surface area (Å²) in [4.78, 5) is 24.4. The number of pyridine rings is 1. The molecule has 31 heavy (non-hydrogen) atoms. The zero-order valence-corrected chi connectivity index (χ0v) is 18.6. The summed E-state index contributed by atoms with van der Waals surface area (Å²) in [6.45, 7) is 0.477. The van der Waals surface area contributed by atoms with Gasteiger partial charge in [-0.2, -0.15) is 0 Å². The Hall–Kier alpha value is -2.76. The van der Waals surface area contributed by atoms with Gasteiger partial charge in [0, 0.05) is 38.3 Å².